The van der Waals surface area contributed by atoms with Gasteiger partial charge in [-0.05, 0) is 58.5 Å². The topological polar surface area (TPSA) is 12.0 Å². The zero-order valence-electron chi connectivity index (χ0n) is 8.00. The molecule has 1 nitrogen and oxygen atoms in total. The molecule has 2 aliphatic heterocycles. The van der Waals surface area contributed by atoms with Crippen LogP contribution in [0.5, 0.6) is 0 Å². The third-order valence-corrected chi connectivity index (χ3v) is 5.31. The quantitative estimate of drug-likeness (QED) is 0.825. The molecule has 0 aromatic carbocycles. The Labute approximate surface area is 97.0 Å². The predicted octanol–water partition coefficient (Wildman–Crippen LogP) is 3.51. The van der Waals surface area contributed by atoms with Crippen molar-refractivity contribution in [2.24, 2.45) is 0 Å². The van der Waals surface area contributed by atoms with Crippen LogP contribution >= 0.6 is 27.3 Å². The molecule has 0 aliphatic carbocycles. The van der Waals surface area contributed by atoms with Crippen LogP contribution in [0.15, 0.2) is 15.2 Å². The zero-order valence-corrected chi connectivity index (χ0v) is 10.4. The first-order chi connectivity index (χ1) is 6.83. The van der Waals surface area contributed by atoms with Crippen LogP contribution in [0.2, 0.25) is 0 Å². The molecule has 1 N–H and O–H groups in total. The molecule has 1 aromatic rings. The van der Waals surface area contributed by atoms with E-state index in [9.17, 15) is 0 Å². The van der Waals surface area contributed by atoms with Crippen LogP contribution in [-0.4, -0.2) is 12.1 Å². The molecule has 76 valence electrons. The number of halogens is 1. The number of nitrogens with one attached hydrogen (secondary N) is 1. The minimum Gasteiger partial charge on any atom is -0.311 e. The second-order valence-electron chi connectivity index (χ2n) is 4.48. The number of thiophene rings is 1. The van der Waals surface area contributed by atoms with Gasteiger partial charge in [-0.25, -0.2) is 0 Å². The summed E-state index contributed by atoms with van der Waals surface area (Å²) in [5, 5.41) is 8.22. The molecule has 2 atom stereocenters. The van der Waals surface area contributed by atoms with E-state index in [-0.39, 0.29) is 0 Å². The normalized spacial score (nSPS) is 36.2. The summed E-state index contributed by atoms with van der Waals surface area (Å²) in [6, 6.07) is 1.59. The molecule has 2 bridgehead atoms. The van der Waals surface area contributed by atoms with E-state index in [1.54, 1.807) is 5.56 Å². The standard InChI is InChI=1S/C11H14BrNS/c12-11-6-14-5-10(11)7-3-8-1-2-9(4-7)13-8/h5-9,13H,1-4H2. The Morgan fingerprint density at radius 3 is 2.50 bits per heavy atom. The lowest BCUT2D eigenvalue weighted by Gasteiger charge is -2.29. The number of hydrogen-bond acceptors (Lipinski definition) is 2. The molecule has 0 radical (unpaired) electrons. The van der Waals surface area contributed by atoms with Gasteiger partial charge in [-0.2, -0.15) is 11.3 Å². The molecule has 2 unspecified atom stereocenters. The summed E-state index contributed by atoms with van der Waals surface area (Å²) in [4.78, 5) is 0. The van der Waals surface area contributed by atoms with Crippen molar-refractivity contribution in [3.63, 3.8) is 0 Å². The molecule has 2 saturated heterocycles. The van der Waals surface area contributed by atoms with Gasteiger partial charge in [-0.1, -0.05) is 0 Å². The average Bonchev–Trinajstić information content (AvgIpc) is 2.73. The fourth-order valence-corrected chi connectivity index (χ4v) is 4.60. The van der Waals surface area contributed by atoms with Crippen molar-refractivity contribution in [2.45, 2.75) is 43.7 Å². The van der Waals surface area contributed by atoms with Crippen LogP contribution in [-0.2, 0) is 0 Å². The molecule has 3 heteroatoms. The van der Waals surface area contributed by atoms with E-state index in [1.807, 2.05) is 11.3 Å². The second-order valence-corrected chi connectivity index (χ2v) is 6.08. The first-order valence-electron chi connectivity index (χ1n) is 5.30. The maximum atomic E-state index is 3.69. The Morgan fingerprint density at radius 1 is 1.21 bits per heavy atom. The maximum Gasteiger partial charge on any atom is 0.0317 e. The summed E-state index contributed by atoms with van der Waals surface area (Å²) >= 11 is 5.47. The van der Waals surface area contributed by atoms with Crippen LogP contribution < -0.4 is 5.32 Å². The largest absolute Gasteiger partial charge is 0.311 e. The summed E-state index contributed by atoms with van der Waals surface area (Å²) in [6.07, 6.45) is 5.46. The van der Waals surface area contributed by atoms with Gasteiger partial charge < -0.3 is 5.32 Å². The van der Waals surface area contributed by atoms with Crippen molar-refractivity contribution in [1.29, 1.82) is 0 Å². The van der Waals surface area contributed by atoms with Gasteiger partial charge >= 0.3 is 0 Å². The lowest BCUT2D eigenvalue weighted by atomic mass is 9.88. The van der Waals surface area contributed by atoms with E-state index in [2.05, 4.69) is 32.0 Å². The van der Waals surface area contributed by atoms with E-state index in [0.29, 0.717) is 0 Å². The first kappa shape index (κ1) is 9.37. The van der Waals surface area contributed by atoms with E-state index < -0.39 is 0 Å². The maximum absolute atomic E-state index is 3.69. The number of piperidine rings is 1. The van der Waals surface area contributed by atoms with Gasteiger partial charge in [0.15, 0.2) is 0 Å². The van der Waals surface area contributed by atoms with Gasteiger partial charge in [-0.15, -0.1) is 0 Å². The number of hydrogen-bond donors (Lipinski definition) is 1. The third-order valence-electron chi connectivity index (χ3n) is 3.56. The monoisotopic (exact) mass is 271 g/mol. The van der Waals surface area contributed by atoms with Crippen LogP contribution in [0.3, 0.4) is 0 Å². The SMILES string of the molecule is Brc1cscc1C1CC2CCC(C1)N2. The molecule has 0 amide bonds. The van der Waals surface area contributed by atoms with Crippen molar-refractivity contribution in [3.05, 3.63) is 20.8 Å². The Morgan fingerprint density at radius 2 is 1.93 bits per heavy atom. The highest BCUT2D eigenvalue weighted by atomic mass is 79.9. The Hall–Kier alpha value is 0.140. The summed E-state index contributed by atoms with van der Waals surface area (Å²) in [5.41, 5.74) is 1.55. The minimum atomic E-state index is 0.797. The summed E-state index contributed by atoms with van der Waals surface area (Å²) in [7, 11) is 0. The van der Waals surface area contributed by atoms with Crippen molar-refractivity contribution >= 4 is 27.3 Å². The van der Waals surface area contributed by atoms with Gasteiger partial charge in [0.25, 0.3) is 0 Å². The molecule has 1 aromatic heterocycles. The summed E-state index contributed by atoms with van der Waals surface area (Å²) in [5.74, 6) is 0.800. The van der Waals surface area contributed by atoms with E-state index in [1.165, 1.54) is 30.2 Å². The summed E-state index contributed by atoms with van der Waals surface area (Å²) in [6.45, 7) is 0. The van der Waals surface area contributed by atoms with Gasteiger partial charge in [0.2, 0.25) is 0 Å². The molecular weight excluding hydrogens is 258 g/mol. The van der Waals surface area contributed by atoms with Crippen LogP contribution in [0.25, 0.3) is 0 Å². The lowest BCUT2D eigenvalue weighted by molar-refractivity contribution is 0.363. The molecule has 2 aliphatic rings. The first-order valence-corrected chi connectivity index (χ1v) is 7.04. The van der Waals surface area contributed by atoms with Gasteiger partial charge in [-0.3, -0.25) is 0 Å². The molecule has 0 saturated carbocycles. The smallest absolute Gasteiger partial charge is 0.0317 e. The minimum absolute atomic E-state index is 0.797. The van der Waals surface area contributed by atoms with Gasteiger partial charge in [0.1, 0.15) is 0 Å². The predicted molar refractivity (Wildman–Crippen MR) is 63.9 cm³/mol. The van der Waals surface area contributed by atoms with Crippen LogP contribution in [0.4, 0.5) is 0 Å². The fraction of sp³-hybridized carbons (Fsp3) is 0.636. The molecular formula is C11H14BrNS. The molecule has 0 spiro atoms. The van der Waals surface area contributed by atoms with Gasteiger partial charge in [0, 0.05) is 21.9 Å². The Balaban J connectivity index is 1.84. The van der Waals surface area contributed by atoms with Crippen molar-refractivity contribution < 1.29 is 0 Å². The molecule has 2 fully saturated rings. The lowest BCUT2D eigenvalue weighted by Crippen LogP contribution is -2.37. The van der Waals surface area contributed by atoms with E-state index in [0.717, 1.165) is 18.0 Å². The number of fused-ring (bicyclic) bond motifs is 2. The Kier molecular flexibility index (Phi) is 2.42. The van der Waals surface area contributed by atoms with Gasteiger partial charge in [0.05, 0.1) is 0 Å². The molecule has 3 rings (SSSR count). The number of rotatable bonds is 1. The highest BCUT2D eigenvalue weighted by Gasteiger charge is 2.34. The Bertz CT molecular complexity index is 324. The average molecular weight is 272 g/mol. The highest BCUT2D eigenvalue weighted by Crippen LogP contribution is 2.40. The van der Waals surface area contributed by atoms with Crippen molar-refractivity contribution in [3.8, 4) is 0 Å². The van der Waals surface area contributed by atoms with Crippen molar-refractivity contribution in [1.82, 2.24) is 5.32 Å². The highest BCUT2D eigenvalue weighted by molar-refractivity contribution is 9.10. The van der Waals surface area contributed by atoms with Crippen LogP contribution in [0, 0.1) is 0 Å². The summed E-state index contributed by atoms with van der Waals surface area (Å²) < 4.78 is 1.33. The van der Waals surface area contributed by atoms with Crippen molar-refractivity contribution in [2.75, 3.05) is 0 Å². The second kappa shape index (κ2) is 3.62. The fourth-order valence-electron chi connectivity index (χ4n) is 2.89. The van der Waals surface area contributed by atoms with E-state index >= 15 is 0 Å². The van der Waals surface area contributed by atoms with Crippen LogP contribution in [0.1, 0.15) is 37.2 Å². The molecule has 3 heterocycles. The molecule has 14 heavy (non-hydrogen) atoms. The van der Waals surface area contributed by atoms with E-state index in [4.69, 9.17) is 0 Å². The zero-order chi connectivity index (χ0) is 9.54. The third kappa shape index (κ3) is 1.55.